The fourth-order valence-corrected chi connectivity index (χ4v) is 5.04. The van der Waals surface area contributed by atoms with Crippen molar-refractivity contribution in [3.63, 3.8) is 0 Å². The molecule has 1 aliphatic rings. The zero-order valence-electron chi connectivity index (χ0n) is 20.1. The topological polar surface area (TPSA) is 136 Å². The van der Waals surface area contributed by atoms with Gasteiger partial charge in [0.05, 0.1) is 11.2 Å². The highest BCUT2D eigenvalue weighted by atomic mass is 35.5. The van der Waals surface area contributed by atoms with Gasteiger partial charge in [0, 0.05) is 34.1 Å². The van der Waals surface area contributed by atoms with Gasteiger partial charge in [0.2, 0.25) is 11.8 Å². The van der Waals surface area contributed by atoms with Crippen molar-refractivity contribution in [2.24, 2.45) is 11.5 Å². The Morgan fingerprint density at radius 2 is 1.74 bits per heavy atom. The monoisotopic (exact) mass is 534 g/mol. The molecule has 0 spiro atoms. The Bertz CT molecular complexity index is 1570. The molecule has 1 aliphatic heterocycles. The number of para-hydroxylation sites is 1. The molecule has 3 aromatic carbocycles. The first-order valence-electron chi connectivity index (χ1n) is 11.9. The minimum atomic E-state index is -1.02. The summed E-state index contributed by atoms with van der Waals surface area (Å²) >= 11 is 6.24. The molecule has 1 fully saturated rings. The van der Waals surface area contributed by atoms with Crippen LogP contribution in [0.15, 0.2) is 66.7 Å². The van der Waals surface area contributed by atoms with Gasteiger partial charge in [-0.15, -0.1) is 0 Å². The SMILES string of the molecule is NC(=O)c1nn(CC(=O)N2CC[C@@H](N)[C@H]2C(=O)Nc2cccc(-c3ccccc3Cl)c2F)c2ccccc12. The largest absolute Gasteiger partial charge is 0.364 e. The maximum absolute atomic E-state index is 15.4. The average molecular weight is 535 g/mol. The Morgan fingerprint density at radius 3 is 2.50 bits per heavy atom. The van der Waals surface area contributed by atoms with Gasteiger partial charge in [-0.1, -0.05) is 60.1 Å². The molecule has 5 N–H and O–H groups in total. The number of anilines is 1. The first-order chi connectivity index (χ1) is 18.3. The van der Waals surface area contributed by atoms with Gasteiger partial charge < -0.3 is 21.7 Å². The van der Waals surface area contributed by atoms with Gasteiger partial charge in [0.25, 0.3) is 5.91 Å². The van der Waals surface area contributed by atoms with E-state index in [1.54, 1.807) is 60.7 Å². The van der Waals surface area contributed by atoms with Crippen LogP contribution in [0.2, 0.25) is 5.02 Å². The lowest BCUT2D eigenvalue weighted by atomic mass is 10.0. The summed E-state index contributed by atoms with van der Waals surface area (Å²) in [4.78, 5) is 39.8. The highest BCUT2D eigenvalue weighted by Crippen LogP contribution is 2.33. The van der Waals surface area contributed by atoms with Crippen LogP contribution >= 0.6 is 11.6 Å². The lowest BCUT2D eigenvalue weighted by molar-refractivity contribution is -0.137. The summed E-state index contributed by atoms with van der Waals surface area (Å²) in [5, 5.41) is 7.70. The van der Waals surface area contributed by atoms with Crippen molar-refractivity contribution < 1.29 is 18.8 Å². The van der Waals surface area contributed by atoms with Gasteiger partial charge >= 0.3 is 0 Å². The first kappa shape index (κ1) is 25.4. The molecule has 2 heterocycles. The number of carbonyl (C=O) groups is 3. The van der Waals surface area contributed by atoms with E-state index in [0.717, 1.165) is 0 Å². The molecule has 11 heteroatoms. The number of nitrogens with two attached hydrogens (primary N) is 2. The third-order valence-electron chi connectivity index (χ3n) is 6.63. The first-order valence-corrected chi connectivity index (χ1v) is 12.3. The summed E-state index contributed by atoms with van der Waals surface area (Å²) in [6, 6.07) is 16.6. The Hall–Kier alpha value is -4.28. The number of nitrogens with zero attached hydrogens (tertiary/aromatic N) is 3. The zero-order chi connectivity index (χ0) is 27.0. The molecule has 5 rings (SSSR count). The molecule has 0 aliphatic carbocycles. The molecule has 0 saturated carbocycles. The summed E-state index contributed by atoms with van der Waals surface area (Å²) in [6.07, 6.45) is 0.387. The predicted octanol–water partition coefficient (Wildman–Crippen LogP) is 3.16. The summed E-state index contributed by atoms with van der Waals surface area (Å²) < 4.78 is 16.8. The minimum absolute atomic E-state index is 0.0506. The number of hydrogen-bond acceptors (Lipinski definition) is 5. The maximum Gasteiger partial charge on any atom is 0.269 e. The Morgan fingerprint density at radius 1 is 1.03 bits per heavy atom. The second-order valence-corrected chi connectivity index (χ2v) is 9.42. The Kier molecular flexibility index (Phi) is 6.83. The number of likely N-dealkylation sites (tertiary alicyclic amines) is 1. The summed E-state index contributed by atoms with van der Waals surface area (Å²) in [5.41, 5.74) is 12.9. The van der Waals surface area contributed by atoms with Crippen molar-refractivity contribution in [3.8, 4) is 11.1 Å². The van der Waals surface area contributed by atoms with Crippen LogP contribution in [0, 0.1) is 5.82 Å². The fourth-order valence-electron chi connectivity index (χ4n) is 4.80. The van der Waals surface area contributed by atoms with Gasteiger partial charge in [-0.25, -0.2) is 4.39 Å². The van der Waals surface area contributed by atoms with E-state index in [4.69, 9.17) is 23.1 Å². The molecule has 4 aromatic rings. The molecule has 2 atom stereocenters. The van der Waals surface area contributed by atoms with Gasteiger partial charge in [-0.3, -0.25) is 19.1 Å². The van der Waals surface area contributed by atoms with Crippen LogP contribution in [-0.4, -0.2) is 51.0 Å². The van der Waals surface area contributed by atoms with Crippen molar-refractivity contribution in [2.75, 3.05) is 11.9 Å². The van der Waals surface area contributed by atoms with Crippen LogP contribution in [0.3, 0.4) is 0 Å². The van der Waals surface area contributed by atoms with E-state index in [0.29, 0.717) is 27.9 Å². The highest BCUT2D eigenvalue weighted by Gasteiger charge is 2.40. The number of primary amides is 1. The number of aromatic nitrogens is 2. The standard InChI is InChI=1S/C27H24ClFN6O3/c28-18-9-3-1-6-15(18)16-8-5-10-20(23(16)29)32-27(38)25-19(30)12-13-34(25)22(36)14-35-21-11-4-2-7-17(21)24(33-35)26(31)37/h1-11,19,25H,12-14,30H2,(H2,31,37)(H,32,38)/t19-,25+/m1/s1. The number of nitrogens with one attached hydrogen (secondary N) is 1. The second-order valence-electron chi connectivity index (χ2n) is 9.01. The molecule has 0 bridgehead atoms. The van der Waals surface area contributed by atoms with E-state index in [2.05, 4.69) is 10.4 Å². The third-order valence-corrected chi connectivity index (χ3v) is 6.96. The van der Waals surface area contributed by atoms with E-state index < -0.39 is 35.6 Å². The van der Waals surface area contributed by atoms with E-state index in [-0.39, 0.29) is 30.0 Å². The van der Waals surface area contributed by atoms with Crippen LogP contribution in [-0.2, 0) is 16.1 Å². The summed E-state index contributed by atoms with van der Waals surface area (Å²) in [6.45, 7) is 0.00273. The summed E-state index contributed by atoms with van der Waals surface area (Å²) in [5.74, 6) is -2.40. The molecule has 1 aromatic heterocycles. The lowest BCUT2D eigenvalue weighted by Crippen LogP contribution is -2.51. The Labute approximate surface area is 222 Å². The number of carbonyl (C=O) groups excluding carboxylic acids is 3. The number of rotatable bonds is 6. The van der Waals surface area contributed by atoms with Crippen molar-refractivity contribution in [3.05, 3.63) is 83.3 Å². The van der Waals surface area contributed by atoms with Gasteiger partial charge in [0.15, 0.2) is 11.5 Å². The normalized spacial score (nSPS) is 17.1. The molecule has 38 heavy (non-hydrogen) atoms. The molecule has 9 nitrogen and oxygen atoms in total. The predicted molar refractivity (Wildman–Crippen MR) is 142 cm³/mol. The van der Waals surface area contributed by atoms with Crippen molar-refractivity contribution in [1.29, 1.82) is 0 Å². The molecule has 0 radical (unpaired) electrons. The molecule has 194 valence electrons. The van der Waals surface area contributed by atoms with Crippen LogP contribution in [0.4, 0.5) is 10.1 Å². The number of fused-ring (bicyclic) bond motifs is 1. The van der Waals surface area contributed by atoms with Crippen LogP contribution in [0.1, 0.15) is 16.9 Å². The number of benzene rings is 3. The lowest BCUT2D eigenvalue weighted by Gasteiger charge is -2.26. The highest BCUT2D eigenvalue weighted by molar-refractivity contribution is 6.33. The molecule has 1 saturated heterocycles. The zero-order valence-corrected chi connectivity index (χ0v) is 20.9. The van der Waals surface area contributed by atoms with Gasteiger partial charge in [-0.05, 0) is 24.6 Å². The van der Waals surface area contributed by atoms with Crippen LogP contribution in [0.5, 0.6) is 0 Å². The Balaban J connectivity index is 1.38. The quantitative estimate of drug-likeness (QED) is 0.349. The second kappa shape index (κ2) is 10.2. The summed E-state index contributed by atoms with van der Waals surface area (Å²) in [7, 11) is 0. The third kappa shape index (κ3) is 4.59. The molecule has 0 unspecified atom stereocenters. The smallest absolute Gasteiger partial charge is 0.269 e. The minimum Gasteiger partial charge on any atom is -0.364 e. The number of hydrogen-bond donors (Lipinski definition) is 3. The maximum atomic E-state index is 15.4. The molecule has 3 amide bonds. The van der Waals surface area contributed by atoms with Crippen molar-refractivity contribution in [2.45, 2.75) is 25.0 Å². The number of amides is 3. The molecular weight excluding hydrogens is 511 g/mol. The van der Waals surface area contributed by atoms with Crippen molar-refractivity contribution >= 4 is 45.9 Å². The van der Waals surface area contributed by atoms with Crippen molar-refractivity contribution in [1.82, 2.24) is 14.7 Å². The fraction of sp³-hybridized carbons (Fsp3) is 0.185. The van der Waals surface area contributed by atoms with Crippen LogP contribution in [0.25, 0.3) is 22.0 Å². The number of halogens is 2. The van der Waals surface area contributed by atoms with Crippen LogP contribution < -0.4 is 16.8 Å². The van der Waals surface area contributed by atoms with E-state index in [1.165, 1.54) is 15.6 Å². The van der Waals surface area contributed by atoms with Gasteiger partial charge in [0.1, 0.15) is 12.6 Å². The van der Waals surface area contributed by atoms with E-state index in [9.17, 15) is 14.4 Å². The average Bonchev–Trinajstić information content (AvgIpc) is 3.47. The van der Waals surface area contributed by atoms with Gasteiger partial charge in [-0.2, -0.15) is 5.10 Å². The molecular formula is C27H24ClFN6O3. The van der Waals surface area contributed by atoms with E-state index in [1.807, 2.05) is 0 Å². The van der Waals surface area contributed by atoms with E-state index >= 15 is 4.39 Å².